The molecule has 1 nitrogen and oxygen atoms in total. The van der Waals surface area contributed by atoms with Crippen LogP contribution in [0.3, 0.4) is 0 Å². The highest BCUT2D eigenvalue weighted by atomic mass is 32.2. The third-order valence-electron chi connectivity index (χ3n) is 2.30. The molecule has 3 heteroatoms. The molecule has 1 atom stereocenters. The lowest BCUT2D eigenvalue weighted by Gasteiger charge is -2.10. The van der Waals surface area contributed by atoms with Crippen LogP contribution in [0, 0.1) is 5.82 Å². The van der Waals surface area contributed by atoms with E-state index in [4.69, 9.17) is 0 Å². The molecule has 13 heavy (non-hydrogen) atoms. The van der Waals surface area contributed by atoms with Crippen LogP contribution in [0.25, 0.3) is 0 Å². The number of hydrogen-bond donors (Lipinski definition) is 1. The third kappa shape index (κ3) is 1.71. The van der Waals surface area contributed by atoms with Gasteiger partial charge in [-0.3, -0.25) is 0 Å². The Morgan fingerprint density at radius 1 is 1.46 bits per heavy atom. The summed E-state index contributed by atoms with van der Waals surface area (Å²) in [7, 11) is 0. The van der Waals surface area contributed by atoms with Crippen LogP contribution < -0.4 is 0 Å². The number of hydrogen-bond acceptors (Lipinski definition) is 2. The van der Waals surface area contributed by atoms with E-state index in [2.05, 4.69) is 0 Å². The zero-order valence-corrected chi connectivity index (χ0v) is 7.98. The summed E-state index contributed by atoms with van der Waals surface area (Å²) >= 11 is 1.68. The average Bonchev–Trinajstić information content (AvgIpc) is 2.30. The number of aliphatic hydroxyl groups excluding tert-OH is 1. The smallest absolute Gasteiger partial charge is 0.127 e. The van der Waals surface area contributed by atoms with E-state index in [1.807, 2.05) is 6.07 Å². The fourth-order valence-corrected chi connectivity index (χ4v) is 2.61. The number of aliphatic hydroxyl groups is 1. The molecule has 0 aliphatic carbocycles. The van der Waals surface area contributed by atoms with Gasteiger partial charge in [0.05, 0.1) is 6.10 Å². The fraction of sp³-hybridized carbons (Fsp3) is 0.400. The first-order valence-corrected chi connectivity index (χ1v) is 5.47. The van der Waals surface area contributed by atoms with Crippen LogP contribution in [0.15, 0.2) is 18.2 Å². The fourth-order valence-electron chi connectivity index (χ4n) is 1.56. The highest BCUT2D eigenvalue weighted by Gasteiger charge is 2.18. The van der Waals surface area contributed by atoms with E-state index in [0.717, 1.165) is 17.7 Å². The number of halogens is 1. The van der Waals surface area contributed by atoms with Gasteiger partial charge in [0.1, 0.15) is 5.82 Å². The molecule has 70 valence electrons. The molecule has 1 aliphatic rings. The molecule has 0 unspecified atom stereocenters. The monoisotopic (exact) mass is 198 g/mol. The molecular weight excluding hydrogens is 187 g/mol. The van der Waals surface area contributed by atoms with Crippen LogP contribution >= 0.6 is 11.8 Å². The Hall–Kier alpha value is -0.540. The molecule has 0 radical (unpaired) electrons. The highest BCUT2D eigenvalue weighted by molar-refractivity contribution is 7.98. The van der Waals surface area contributed by atoms with E-state index in [0.29, 0.717) is 11.3 Å². The third-order valence-corrected chi connectivity index (χ3v) is 3.31. The second kappa shape index (κ2) is 3.68. The summed E-state index contributed by atoms with van der Waals surface area (Å²) in [5, 5.41) is 9.69. The maximum Gasteiger partial charge on any atom is 0.127 e. The SMILES string of the molecule is O[C@@H]1CCSCc2c(F)cccc21. The molecule has 1 N–H and O–H groups in total. The summed E-state index contributed by atoms with van der Waals surface area (Å²) < 4.78 is 13.3. The minimum atomic E-state index is -0.485. The van der Waals surface area contributed by atoms with Crippen molar-refractivity contribution in [2.24, 2.45) is 0 Å². The normalized spacial score (nSPS) is 22.2. The standard InChI is InChI=1S/C10H11FOS/c11-9-3-1-2-7-8(9)6-13-5-4-10(7)12/h1-3,10,12H,4-6H2/t10-/m1/s1. The van der Waals surface area contributed by atoms with Gasteiger partial charge in [0, 0.05) is 11.3 Å². The quantitative estimate of drug-likeness (QED) is 0.691. The lowest BCUT2D eigenvalue weighted by Crippen LogP contribution is -2.00. The van der Waals surface area contributed by atoms with Gasteiger partial charge < -0.3 is 5.11 Å². The zero-order chi connectivity index (χ0) is 9.26. The number of thioether (sulfide) groups is 1. The van der Waals surface area contributed by atoms with Crippen molar-refractivity contribution in [3.05, 3.63) is 35.1 Å². The molecule has 1 aromatic rings. The molecule has 1 aromatic carbocycles. The van der Waals surface area contributed by atoms with E-state index in [1.54, 1.807) is 17.8 Å². The first-order valence-electron chi connectivity index (χ1n) is 4.32. The Balaban J connectivity index is 2.47. The van der Waals surface area contributed by atoms with E-state index < -0.39 is 6.10 Å². The van der Waals surface area contributed by atoms with Crippen LogP contribution in [0.2, 0.25) is 0 Å². The molecular formula is C10H11FOS. The van der Waals surface area contributed by atoms with E-state index in [-0.39, 0.29) is 5.82 Å². The molecule has 0 saturated carbocycles. The minimum Gasteiger partial charge on any atom is -0.388 e. The van der Waals surface area contributed by atoms with Gasteiger partial charge in [-0.25, -0.2) is 4.39 Å². The minimum absolute atomic E-state index is 0.189. The summed E-state index contributed by atoms with van der Waals surface area (Å²) in [4.78, 5) is 0. The number of benzene rings is 1. The molecule has 0 spiro atoms. The first kappa shape index (κ1) is 9.03. The summed E-state index contributed by atoms with van der Waals surface area (Å²) in [6.07, 6.45) is 0.238. The molecule has 0 amide bonds. The van der Waals surface area contributed by atoms with Gasteiger partial charge >= 0.3 is 0 Å². The van der Waals surface area contributed by atoms with Crippen LogP contribution in [0.1, 0.15) is 23.7 Å². The van der Waals surface area contributed by atoms with Gasteiger partial charge in [-0.05, 0) is 23.8 Å². The van der Waals surface area contributed by atoms with Gasteiger partial charge in [0.25, 0.3) is 0 Å². The van der Waals surface area contributed by atoms with Crippen LogP contribution in [0.4, 0.5) is 4.39 Å². The molecule has 1 aliphatic heterocycles. The predicted octanol–water partition coefficient (Wildman–Crippen LogP) is 2.50. The Morgan fingerprint density at radius 3 is 3.15 bits per heavy atom. The van der Waals surface area contributed by atoms with Crippen LogP contribution in [-0.4, -0.2) is 10.9 Å². The van der Waals surface area contributed by atoms with Crippen molar-refractivity contribution < 1.29 is 9.50 Å². The van der Waals surface area contributed by atoms with Gasteiger partial charge in [0.15, 0.2) is 0 Å². The molecule has 0 fully saturated rings. The zero-order valence-electron chi connectivity index (χ0n) is 7.16. The van der Waals surface area contributed by atoms with Crippen molar-refractivity contribution in [3.8, 4) is 0 Å². The predicted molar refractivity (Wildman–Crippen MR) is 52.1 cm³/mol. The van der Waals surface area contributed by atoms with Crippen molar-refractivity contribution in [3.63, 3.8) is 0 Å². The Bertz CT molecular complexity index is 314. The molecule has 0 saturated heterocycles. The Morgan fingerprint density at radius 2 is 2.31 bits per heavy atom. The van der Waals surface area contributed by atoms with Gasteiger partial charge in [-0.1, -0.05) is 12.1 Å². The average molecular weight is 198 g/mol. The summed E-state index contributed by atoms with van der Waals surface area (Å²) in [5.74, 6) is 1.39. The van der Waals surface area contributed by atoms with Crippen molar-refractivity contribution in [2.75, 3.05) is 5.75 Å². The molecule has 0 bridgehead atoms. The maximum absolute atomic E-state index is 13.3. The second-order valence-electron chi connectivity index (χ2n) is 3.16. The topological polar surface area (TPSA) is 20.2 Å². The van der Waals surface area contributed by atoms with E-state index in [9.17, 15) is 9.50 Å². The summed E-state index contributed by atoms with van der Waals surface area (Å²) in [6.45, 7) is 0. The van der Waals surface area contributed by atoms with Crippen molar-refractivity contribution >= 4 is 11.8 Å². The maximum atomic E-state index is 13.3. The Labute approximate surface area is 81.0 Å². The Kier molecular flexibility index (Phi) is 2.56. The van der Waals surface area contributed by atoms with E-state index in [1.165, 1.54) is 6.07 Å². The van der Waals surface area contributed by atoms with Gasteiger partial charge in [-0.2, -0.15) is 11.8 Å². The van der Waals surface area contributed by atoms with E-state index >= 15 is 0 Å². The van der Waals surface area contributed by atoms with Crippen molar-refractivity contribution in [2.45, 2.75) is 18.3 Å². The summed E-state index contributed by atoms with van der Waals surface area (Å²) in [6, 6.07) is 4.93. The van der Waals surface area contributed by atoms with Crippen LogP contribution in [0.5, 0.6) is 0 Å². The lowest BCUT2D eigenvalue weighted by atomic mass is 10.0. The largest absolute Gasteiger partial charge is 0.388 e. The second-order valence-corrected chi connectivity index (χ2v) is 4.27. The molecule has 1 heterocycles. The number of rotatable bonds is 0. The first-order chi connectivity index (χ1) is 6.29. The van der Waals surface area contributed by atoms with Gasteiger partial charge in [-0.15, -0.1) is 0 Å². The molecule has 2 rings (SSSR count). The van der Waals surface area contributed by atoms with Crippen molar-refractivity contribution in [1.29, 1.82) is 0 Å². The molecule has 0 aromatic heterocycles. The van der Waals surface area contributed by atoms with Crippen molar-refractivity contribution in [1.82, 2.24) is 0 Å². The number of fused-ring (bicyclic) bond motifs is 1. The highest BCUT2D eigenvalue weighted by Crippen LogP contribution is 2.31. The van der Waals surface area contributed by atoms with Crippen LogP contribution in [-0.2, 0) is 5.75 Å². The van der Waals surface area contributed by atoms with Gasteiger partial charge in [0.2, 0.25) is 0 Å². The lowest BCUT2D eigenvalue weighted by molar-refractivity contribution is 0.174. The summed E-state index contributed by atoms with van der Waals surface area (Å²) in [5.41, 5.74) is 1.45.